The summed E-state index contributed by atoms with van der Waals surface area (Å²) in [5.41, 5.74) is 1.17. The Labute approximate surface area is 249 Å². The van der Waals surface area contributed by atoms with Gasteiger partial charge in [-0.25, -0.2) is 19.6 Å². The predicted octanol–water partition coefficient (Wildman–Crippen LogP) is 5.82. The van der Waals surface area contributed by atoms with Gasteiger partial charge in [0, 0.05) is 6.42 Å². The standard InChI is InChI=1S/C31H38N4O6S/c1-5-6-7-8-9-15-23(34-30(39)41-31(2,3)4)28(36)35-19-20(18-24(35)29(37)38)40-27-26(25-16-12-17-42-25)32-21-13-10-11-14-22(21)33-27/h5,10-14,16-17,20,23-24H,1,6-9,15,18-19H2,2-4H3,(H,34,39)(H,37,38)/t20-,23+,24+/m1/s1. The Balaban J connectivity index is 1.55. The number of carbonyl (C=O) groups excluding carboxylic acids is 2. The number of para-hydroxylation sites is 2. The van der Waals surface area contributed by atoms with E-state index in [9.17, 15) is 19.5 Å². The SMILES string of the molecule is C=CCCCCC[C@H](NC(=O)OC(C)(C)C)C(=O)N1C[C@H](Oc2nc3ccccc3nc2-c2cccs2)C[C@H]1C(=O)O. The first-order valence-electron chi connectivity index (χ1n) is 14.2. The smallest absolute Gasteiger partial charge is 0.408 e. The Morgan fingerprint density at radius 3 is 2.52 bits per heavy atom. The maximum atomic E-state index is 13.8. The third kappa shape index (κ3) is 8.06. The molecular weight excluding hydrogens is 556 g/mol. The number of amides is 2. The molecule has 1 saturated heterocycles. The van der Waals surface area contributed by atoms with Gasteiger partial charge in [0.1, 0.15) is 29.5 Å². The van der Waals surface area contributed by atoms with Gasteiger partial charge in [-0.15, -0.1) is 17.9 Å². The molecule has 1 aromatic carbocycles. The van der Waals surface area contributed by atoms with E-state index in [1.165, 1.54) is 16.2 Å². The second-order valence-corrected chi connectivity index (χ2v) is 12.2. The van der Waals surface area contributed by atoms with Crippen LogP contribution in [0, 0.1) is 0 Å². The van der Waals surface area contributed by atoms with Crippen molar-refractivity contribution in [3.05, 3.63) is 54.4 Å². The Kier molecular flexibility index (Phi) is 10.2. The highest BCUT2D eigenvalue weighted by molar-refractivity contribution is 7.13. The number of benzene rings is 1. The molecule has 1 aliphatic rings. The van der Waals surface area contributed by atoms with Crippen molar-refractivity contribution in [2.24, 2.45) is 0 Å². The van der Waals surface area contributed by atoms with E-state index in [1.807, 2.05) is 47.9 Å². The van der Waals surface area contributed by atoms with Crippen LogP contribution in [-0.4, -0.2) is 68.3 Å². The highest BCUT2D eigenvalue weighted by Crippen LogP contribution is 2.34. The maximum absolute atomic E-state index is 13.8. The molecule has 11 heteroatoms. The van der Waals surface area contributed by atoms with Crippen molar-refractivity contribution in [3.8, 4) is 16.5 Å². The molecule has 1 fully saturated rings. The number of hydrogen-bond acceptors (Lipinski definition) is 8. The van der Waals surface area contributed by atoms with Crippen LogP contribution in [0.5, 0.6) is 5.88 Å². The average Bonchev–Trinajstić information content (AvgIpc) is 3.61. The highest BCUT2D eigenvalue weighted by Gasteiger charge is 2.43. The van der Waals surface area contributed by atoms with Gasteiger partial charge in [-0.1, -0.05) is 37.1 Å². The number of fused-ring (bicyclic) bond motifs is 1. The number of nitrogens with zero attached hydrogens (tertiary/aromatic N) is 3. The van der Waals surface area contributed by atoms with Gasteiger partial charge in [0.25, 0.3) is 0 Å². The summed E-state index contributed by atoms with van der Waals surface area (Å²) in [6.45, 7) is 8.97. The molecule has 2 amide bonds. The van der Waals surface area contributed by atoms with Gasteiger partial charge in [0.15, 0.2) is 0 Å². The fraction of sp³-hybridized carbons (Fsp3) is 0.452. The lowest BCUT2D eigenvalue weighted by Gasteiger charge is -2.28. The first-order valence-corrected chi connectivity index (χ1v) is 15.0. The number of carboxylic acids is 1. The van der Waals surface area contributed by atoms with Gasteiger partial charge in [-0.2, -0.15) is 0 Å². The van der Waals surface area contributed by atoms with Crippen molar-refractivity contribution in [2.75, 3.05) is 6.54 Å². The third-order valence-corrected chi connectivity index (χ3v) is 7.67. The predicted molar refractivity (Wildman–Crippen MR) is 161 cm³/mol. The number of nitrogens with one attached hydrogen (secondary N) is 1. The molecule has 224 valence electrons. The zero-order valence-electron chi connectivity index (χ0n) is 24.2. The Morgan fingerprint density at radius 1 is 1.14 bits per heavy atom. The maximum Gasteiger partial charge on any atom is 0.408 e. The van der Waals surface area contributed by atoms with Crippen LogP contribution >= 0.6 is 11.3 Å². The van der Waals surface area contributed by atoms with Crippen LogP contribution in [0.3, 0.4) is 0 Å². The van der Waals surface area contributed by atoms with E-state index in [4.69, 9.17) is 19.4 Å². The minimum absolute atomic E-state index is 0.0250. The van der Waals surface area contributed by atoms with Crippen molar-refractivity contribution in [3.63, 3.8) is 0 Å². The molecular formula is C31H38N4O6S. The van der Waals surface area contributed by atoms with Gasteiger partial charge in [0.2, 0.25) is 11.8 Å². The molecule has 0 spiro atoms. The normalized spacial score (nSPS) is 17.5. The van der Waals surface area contributed by atoms with Crippen LogP contribution in [0.25, 0.3) is 21.6 Å². The van der Waals surface area contributed by atoms with E-state index in [0.717, 1.165) is 24.1 Å². The highest BCUT2D eigenvalue weighted by atomic mass is 32.1. The molecule has 0 unspecified atom stereocenters. The molecule has 0 bridgehead atoms. The molecule has 1 aliphatic heterocycles. The van der Waals surface area contributed by atoms with Gasteiger partial charge in [-0.05, 0) is 63.6 Å². The summed E-state index contributed by atoms with van der Waals surface area (Å²) >= 11 is 1.49. The number of alkyl carbamates (subject to hydrolysis) is 1. The number of aliphatic carboxylic acids is 1. The van der Waals surface area contributed by atoms with Crippen LogP contribution in [0.2, 0.25) is 0 Å². The molecule has 2 N–H and O–H groups in total. The van der Waals surface area contributed by atoms with Crippen LogP contribution in [0.4, 0.5) is 4.79 Å². The zero-order valence-corrected chi connectivity index (χ0v) is 25.1. The quantitative estimate of drug-likeness (QED) is 0.198. The van der Waals surface area contributed by atoms with E-state index in [0.29, 0.717) is 29.6 Å². The van der Waals surface area contributed by atoms with E-state index in [1.54, 1.807) is 20.8 Å². The molecule has 0 aliphatic carbocycles. The molecule has 0 radical (unpaired) electrons. The number of allylic oxidation sites excluding steroid dienone is 1. The van der Waals surface area contributed by atoms with Crippen molar-refractivity contribution >= 4 is 40.3 Å². The van der Waals surface area contributed by atoms with Crippen molar-refractivity contribution < 1.29 is 29.0 Å². The van der Waals surface area contributed by atoms with E-state index in [2.05, 4.69) is 11.9 Å². The van der Waals surface area contributed by atoms with Crippen LogP contribution in [0.15, 0.2) is 54.4 Å². The van der Waals surface area contributed by atoms with E-state index in [-0.39, 0.29) is 18.8 Å². The summed E-state index contributed by atoms with van der Waals surface area (Å²) in [6, 6.07) is 9.21. The number of rotatable bonds is 12. The van der Waals surface area contributed by atoms with Crippen LogP contribution < -0.4 is 10.1 Å². The van der Waals surface area contributed by atoms with Crippen molar-refractivity contribution in [1.29, 1.82) is 0 Å². The summed E-state index contributed by atoms with van der Waals surface area (Å²) in [5.74, 6) is -1.34. The molecule has 3 aromatic rings. The Morgan fingerprint density at radius 2 is 1.88 bits per heavy atom. The number of likely N-dealkylation sites (tertiary alicyclic amines) is 1. The van der Waals surface area contributed by atoms with Crippen LogP contribution in [-0.2, 0) is 14.3 Å². The number of carboxylic acid groups (broad SMARTS) is 1. The Bertz CT molecular complexity index is 1400. The first kappa shape index (κ1) is 31.0. The summed E-state index contributed by atoms with van der Waals surface area (Å²) in [7, 11) is 0. The minimum Gasteiger partial charge on any atom is -0.480 e. The van der Waals surface area contributed by atoms with Crippen LogP contribution in [0.1, 0.15) is 59.3 Å². The summed E-state index contributed by atoms with van der Waals surface area (Å²) in [4.78, 5) is 50.4. The summed E-state index contributed by atoms with van der Waals surface area (Å²) in [5, 5.41) is 14.7. The number of aromatic nitrogens is 2. The van der Waals surface area contributed by atoms with Crippen molar-refractivity contribution in [2.45, 2.75) is 83.1 Å². The van der Waals surface area contributed by atoms with Gasteiger partial charge in [-0.3, -0.25) is 4.79 Å². The lowest BCUT2D eigenvalue weighted by Crippen LogP contribution is -2.52. The topological polar surface area (TPSA) is 131 Å². The number of unbranched alkanes of at least 4 members (excludes halogenated alkanes) is 3. The largest absolute Gasteiger partial charge is 0.480 e. The molecule has 3 heterocycles. The molecule has 3 atom stereocenters. The second kappa shape index (κ2) is 13.8. The second-order valence-electron chi connectivity index (χ2n) is 11.3. The molecule has 0 saturated carbocycles. The molecule has 42 heavy (non-hydrogen) atoms. The van der Waals surface area contributed by atoms with Gasteiger partial charge in [0.05, 0.1) is 22.5 Å². The number of hydrogen-bond donors (Lipinski definition) is 2. The van der Waals surface area contributed by atoms with Gasteiger partial charge >= 0.3 is 12.1 Å². The number of ether oxygens (including phenoxy) is 2. The fourth-order valence-corrected chi connectivity index (χ4v) is 5.58. The summed E-state index contributed by atoms with van der Waals surface area (Å²) in [6.07, 6.45) is 4.17. The fourth-order valence-electron chi connectivity index (χ4n) is 4.88. The third-order valence-electron chi connectivity index (χ3n) is 6.79. The Hall–Kier alpha value is -3.99. The molecule has 10 nitrogen and oxygen atoms in total. The monoisotopic (exact) mass is 594 g/mol. The number of thiophene rings is 1. The average molecular weight is 595 g/mol. The number of carbonyl (C=O) groups is 3. The molecule has 4 rings (SSSR count). The van der Waals surface area contributed by atoms with Crippen molar-refractivity contribution in [1.82, 2.24) is 20.2 Å². The lowest BCUT2D eigenvalue weighted by atomic mass is 10.1. The van der Waals surface area contributed by atoms with E-state index >= 15 is 0 Å². The first-order chi connectivity index (χ1) is 20.1. The lowest BCUT2D eigenvalue weighted by molar-refractivity contribution is -0.149. The molecule has 2 aromatic heterocycles. The zero-order chi connectivity index (χ0) is 30.3. The van der Waals surface area contributed by atoms with E-state index < -0.39 is 41.8 Å². The van der Waals surface area contributed by atoms with Gasteiger partial charge < -0.3 is 24.8 Å². The minimum atomic E-state index is -1.14. The summed E-state index contributed by atoms with van der Waals surface area (Å²) < 4.78 is 11.7.